The molecule has 1 aliphatic heterocycles. The van der Waals surface area contributed by atoms with Crippen molar-refractivity contribution >= 4 is 28.8 Å². The van der Waals surface area contributed by atoms with Crippen LogP contribution in [0.5, 0.6) is 0 Å². The fraction of sp³-hybridized carbons (Fsp3) is 0.250. The lowest BCUT2D eigenvalue weighted by Gasteiger charge is -2.22. The molecule has 0 spiro atoms. The maximum atomic E-state index is 13.8. The van der Waals surface area contributed by atoms with Gasteiger partial charge in [0, 0.05) is 23.2 Å². The van der Waals surface area contributed by atoms with E-state index in [-0.39, 0.29) is 23.7 Å². The number of hydrogen-bond donors (Lipinski definition) is 4. The topological polar surface area (TPSA) is 115 Å². The van der Waals surface area contributed by atoms with E-state index in [2.05, 4.69) is 25.8 Å². The van der Waals surface area contributed by atoms with E-state index in [9.17, 15) is 18.7 Å². The summed E-state index contributed by atoms with van der Waals surface area (Å²) in [6.07, 6.45) is -1.89. The lowest BCUT2D eigenvalue weighted by molar-refractivity contribution is 0.138. The second-order valence-corrected chi connectivity index (χ2v) is 7.23. The number of aliphatic hydroxyl groups is 1. The smallest absolute Gasteiger partial charge is 0.414 e. The molecule has 162 valence electrons. The van der Waals surface area contributed by atoms with Crippen molar-refractivity contribution in [1.82, 2.24) is 20.3 Å². The number of aromatic amines is 1. The van der Waals surface area contributed by atoms with E-state index >= 15 is 0 Å². The summed E-state index contributed by atoms with van der Waals surface area (Å²) in [5.41, 5.74) is 4.97. The number of carbonyl (C=O) groups excluding carboxylic acids is 1. The number of benzene rings is 2. The van der Waals surface area contributed by atoms with Crippen LogP contribution in [-0.4, -0.2) is 59.0 Å². The van der Waals surface area contributed by atoms with Crippen molar-refractivity contribution in [2.45, 2.75) is 6.23 Å². The second kappa shape index (κ2) is 8.28. The van der Waals surface area contributed by atoms with Crippen molar-refractivity contribution < 1.29 is 23.4 Å². The Morgan fingerprint density at radius 3 is 2.81 bits per heavy atom. The fourth-order valence-electron chi connectivity index (χ4n) is 3.14. The normalized spacial score (nSPS) is 15.4. The molecule has 0 saturated heterocycles. The summed E-state index contributed by atoms with van der Waals surface area (Å²) in [7, 11) is 3.74. The third-order valence-electron chi connectivity index (χ3n) is 4.69. The summed E-state index contributed by atoms with van der Waals surface area (Å²) in [6.45, 7) is 0.826. The minimum absolute atomic E-state index is 0.175. The molecule has 9 nitrogen and oxygen atoms in total. The minimum Gasteiger partial charge on any atom is -0.448 e. The quantitative estimate of drug-likeness (QED) is 0.494. The van der Waals surface area contributed by atoms with Crippen LogP contribution in [0, 0.1) is 11.6 Å². The molecule has 0 fully saturated rings. The Morgan fingerprint density at radius 1 is 1.26 bits per heavy atom. The third kappa shape index (κ3) is 4.32. The van der Waals surface area contributed by atoms with Crippen LogP contribution in [0.15, 0.2) is 35.4 Å². The molecular formula is C20H20F2N6O3. The molecule has 31 heavy (non-hydrogen) atoms. The van der Waals surface area contributed by atoms with Crippen molar-refractivity contribution in [3.63, 3.8) is 0 Å². The number of hydrazone groups is 1. The molecule has 4 rings (SSSR count). The number of halogens is 2. The number of likely N-dealkylation sites (N-methyl/N-ethyl adjacent to an activating group) is 1. The van der Waals surface area contributed by atoms with Crippen LogP contribution in [-0.2, 0) is 4.74 Å². The number of H-pyrrole nitrogens is 1. The molecule has 2 heterocycles. The van der Waals surface area contributed by atoms with E-state index < -0.39 is 24.0 Å². The Morgan fingerprint density at radius 2 is 2.03 bits per heavy atom. The van der Waals surface area contributed by atoms with Gasteiger partial charge < -0.3 is 19.7 Å². The highest BCUT2D eigenvalue weighted by Crippen LogP contribution is 2.28. The molecule has 1 unspecified atom stereocenters. The number of amides is 1. The van der Waals surface area contributed by atoms with Gasteiger partial charge in [-0.1, -0.05) is 6.07 Å². The number of nitrogens with one attached hydrogen (secondary N) is 3. The van der Waals surface area contributed by atoms with E-state index in [4.69, 9.17) is 4.74 Å². The first-order valence-electron chi connectivity index (χ1n) is 9.41. The number of imidazole rings is 1. The first-order valence-corrected chi connectivity index (χ1v) is 9.41. The number of aromatic nitrogens is 2. The van der Waals surface area contributed by atoms with Gasteiger partial charge in [0.25, 0.3) is 0 Å². The standard InChI is InChI=1S/C20H20F2N6O3/c1-28(2)5-6-31-20(30)25-19-23-15-4-3-10(7-16(15)24-19)17-11-8-13(21)14(22)9-12(11)18(29)27-26-17/h3-4,7-9,18,27,29H,5-6H2,1-2H3,(H2,23,24,25,30). The zero-order valence-corrected chi connectivity index (χ0v) is 16.7. The molecule has 2 aromatic carbocycles. The average molecular weight is 430 g/mol. The molecule has 0 aliphatic carbocycles. The Labute approximate surface area is 175 Å². The van der Waals surface area contributed by atoms with Gasteiger partial charge >= 0.3 is 6.09 Å². The maximum Gasteiger partial charge on any atom is 0.414 e. The summed E-state index contributed by atoms with van der Waals surface area (Å²) < 4.78 is 32.5. The number of nitrogens with zero attached hydrogens (tertiary/aromatic N) is 3. The number of aliphatic hydroxyl groups excluding tert-OH is 1. The van der Waals surface area contributed by atoms with E-state index in [1.54, 1.807) is 18.2 Å². The highest BCUT2D eigenvalue weighted by atomic mass is 19.2. The molecule has 0 bridgehead atoms. The highest BCUT2D eigenvalue weighted by molar-refractivity contribution is 6.15. The molecule has 1 amide bonds. The number of fused-ring (bicyclic) bond motifs is 2. The number of anilines is 1. The maximum absolute atomic E-state index is 13.8. The van der Waals surface area contributed by atoms with Crippen LogP contribution in [0.25, 0.3) is 11.0 Å². The van der Waals surface area contributed by atoms with E-state index in [0.29, 0.717) is 28.9 Å². The lowest BCUT2D eigenvalue weighted by atomic mass is 9.95. The van der Waals surface area contributed by atoms with Gasteiger partial charge in [-0.25, -0.2) is 18.6 Å². The number of carbonyl (C=O) groups is 1. The molecule has 1 aromatic heterocycles. The zero-order chi connectivity index (χ0) is 22.1. The number of ether oxygens (including phenoxy) is 1. The SMILES string of the molecule is CN(C)CCOC(=O)Nc1nc2cc(C3=NNC(O)c4cc(F)c(F)cc43)ccc2[nH]1. The summed E-state index contributed by atoms with van der Waals surface area (Å²) in [4.78, 5) is 21.0. The van der Waals surface area contributed by atoms with Crippen LogP contribution in [0.3, 0.4) is 0 Å². The summed E-state index contributed by atoms with van der Waals surface area (Å²) >= 11 is 0. The molecule has 4 N–H and O–H groups in total. The fourth-order valence-corrected chi connectivity index (χ4v) is 3.14. The summed E-state index contributed by atoms with van der Waals surface area (Å²) in [5, 5.41) is 16.6. The van der Waals surface area contributed by atoms with Gasteiger partial charge in [-0.2, -0.15) is 5.10 Å². The minimum atomic E-state index is -1.25. The molecule has 0 radical (unpaired) electrons. The van der Waals surface area contributed by atoms with Crippen molar-refractivity contribution in [1.29, 1.82) is 0 Å². The van der Waals surface area contributed by atoms with Crippen LogP contribution >= 0.6 is 0 Å². The molecule has 11 heteroatoms. The van der Waals surface area contributed by atoms with Crippen molar-refractivity contribution in [2.24, 2.45) is 5.10 Å². The molecular weight excluding hydrogens is 410 g/mol. The Bertz CT molecular complexity index is 1180. The van der Waals surface area contributed by atoms with E-state index in [1.807, 2.05) is 19.0 Å². The first kappa shape index (κ1) is 20.7. The van der Waals surface area contributed by atoms with Crippen LogP contribution < -0.4 is 10.7 Å². The monoisotopic (exact) mass is 430 g/mol. The molecule has 1 aliphatic rings. The van der Waals surface area contributed by atoms with Crippen molar-refractivity contribution in [3.8, 4) is 0 Å². The van der Waals surface area contributed by atoms with Crippen molar-refractivity contribution in [3.05, 3.63) is 58.7 Å². The van der Waals surface area contributed by atoms with Gasteiger partial charge in [-0.15, -0.1) is 0 Å². The van der Waals surface area contributed by atoms with Gasteiger partial charge in [-0.3, -0.25) is 10.7 Å². The number of hydrogen-bond acceptors (Lipinski definition) is 7. The predicted molar refractivity (Wildman–Crippen MR) is 110 cm³/mol. The third-order valence-corrected chi connectivity index (χ3v) is 4.69. The summed E-state index contributed by atoms with van der Waals surface area (Å²) in [5.74, 6) is -1.90. The van der Waals surface area contributed by atoms with Gasteiger partial charge in [0.1, 0.15) is 6.61 Å². The average Bonchev–Trinajstić information content (AvgIpc) is 3.10. The van der Waals surface area contributed by atoms with Crippen molar-refractivity contribution in [2.75, 3.05) is 32.6 Å². The molecule has 3 aromatic rings. The first-order chi connectivity index (χ1) is 14.8. The zero-order valence-electron chi connectivity index (χ0n) is 16.7. The second-order valence-electron chi connectivity index (χ2n) is 7.23. The van der Waals surface area contributed by atoms with Crippen LogP contribution in [0.2, 0.25) is 0 Å². The Hall–Kier alpha value is -3.57. The van der Waals surface area contributed by atoms with Gasteiger partial charge in [0.15, 0.2) is 17.9 Å². The van der Waals surface area contributed by atoms with Gasteiger partial charge in [0.05, 0.1) is 16.7 Å². The lowest BCUT2D eigenvalue weighted by Crippen LogP contribution is -2.27. The largest absolute Gasteiger partial charge is 0.448 e. The Kier molecular flexibility index (Phi) is 5.53. The molecule has 0 saturated carbocycles. The van der Waals surface area contributed by atoms with Crippen LogP contribution in [0.1, 0.15) is 22.9 Å². The van der Waals surface area contributed by atoms with E-state index in [1.165, 1.54) is 0 Å². The van der Waals surface area contributed by atoms with E-state index in [0.717, 1.165) is 12.1 Å². The van der Waals surface area contributed by atoms with Gasteiger partial charge in [-0.05, 0) is 38.4 Å². The Balaban J connectivity index is 1.58. The summed E-state index contributed by atoms with van der Waals surface area (Å²) in [6, 6.07) is 7.04. The number of rotatable bonds is 5. The van der Waals surface area contributed by atoms with Crippen LogP contribution in [0.4, 0.5) is 19.5 Å². The highest BCUT2D eigenvalue weighted by Gasteiger charge is 2.25. The van der Waals surface area contributed by atoms with Gasteiger partial charge in [0.2, 0.25) is 5.95 Å². The molecule has 1 atom stereocenters. The predicted octanol–water partition coefficient (Wildman–Crippen LogP) is 2.30.